The van der Waals surface area contributed by atoms with Crippen LogP contribution in [0.2, 0.25) is 0 Å². The van der Waals surface area contributed by atoms with Gasteiger partial charge in [-0.2, -0.15) is 0 Å². The van der Waals surface area contributed by atoms with E-state index >= 15 is 0 Å². The summed E-state index contributed by atoms with van der Waals surface area (Å²) in [7, 11) is 0. The number of fused-ring (bicyclic) bond motifs is 1. The Labute approximate surface area is 85.4 Å². The first-order valence-corrected chi connectivity index (χ1v) is 3.50. The molecular formula is C7H4NNaS. The summed E-state index contributed by atoms with van der Waals surface area (Å²) in [5.41, 5.74) is 3.87. The van der Waals surface area contributed by atoms with Gasteiger partial charge < -0.3 is 4.98 Å². The van der Waals surface area contributed by atoms with E-state index in [2.05, 4.69) is 10.5 Å². The smallest absolute Gasteiger partial charge is 0.386 e. The normalized spacial score (nSPS) is 9.20. The van der Waals surface area contributed by atoms with Crippen LogP contribution >= 0.6 is 11.3 Å². The Kier molecular flexibility index (Phi) is 2.86. The van der Waals surface area contributed by atoms with Crippen LogP contribution in [0.25, 0.3) is 10.2 Å². The SMILES string of the molecule is [Na+].[c-]1nc2ccccc2s1. The molecule has 0 saturated carbocycles. The maximum absolute atomic E-state index is 4.01. The molecule has 0 amide bonds. The van der Waals surface area contributed by atoms with Crippen LogP contribution in [0.3, 0.4) is 0 Å². The zero-order chi connectivity index (χ0) is 6.10. The van der Waals surface area contributed by atoms with Crippen molar-refractivity contribution < 1.29 is 29.6 Å². The van der Waals surface area contributed by atoms with Gasteiger partial charge in [0.2, 0.25) is 0 Å². The Bertz CT molecular complexity index is 288. The third-order valence-corrected chi connectivity index (χ3v) is 1.93. The molecule has 1 aromatic carbocycles. The van der Waals surface area contributed by atoms with E-state index in [9.17, 15) is 0 Å². The van der Waals surface area contributed by atoms with Crippen molar-refractivity contribution in [1.29, 1.82) is 0 Å². The van der Waals surface area contributed by atoms with Gasteiger partial charge in [-0.15, -0.1) is 16.8 Å². The molecule has 0 atom stereocenters. The van der Waals surface area contributed by atoms with Gasteiger partial charge in [-0.05, 0) is 5.51 Å². The van der Waals surface area contributed by atoms with Crippen LogP contribution in [0, 0.1) is 5.51 Å². The summed E-state index contributed by atoms with van der Waals surface area (Å²) in [5.74, 6) is 0. The van der Waals surface area contributed by atoms with Crippen molar-refractivity contribution in [3.05, 3.63) is 29.8 Å². The summed E-state index contributed by atoms with van der Waals surface area (Å²) in [5, 5.41) is 0. The molecule has 0 bridgehead atoms. The third kappa shape index (κ3) is 1.40. The first-order valence-electron chi connectivity index (χ1n) is 2.68. The molecule has 0 aliphatic rings. The molecule has 0 unspecified atom stereocenters. The molecule has 0 fully saturated rings. The van der Waals surface area contributed by atoms with E-state index in [-0.39, 0.29) is 29.6 Å². The van der Waals surface area contributed by atoms with Gasteiger partial charge in [0, 0.05) is 0 Å². The second kappa shape index (κ2) is 3.49. The number of aromatic nitrogens is 1. The molecular weight excluding hydrogens is 153 g/mol. The van der Waals surface area contributed by atoms with Gasteiger partial charge in [-0.1, -0.05) is 17.6 Å². The van der Waals surface area contributed by atoms with Gasteiger partial charge >= 0.3 is 29.6 Å². The van der Waals surface area contributed by atoms with Crippen LogP contribution in [-0.2, 0) is 0 Å². The maximum Gasteiger partial charge on any atom is 1.00 e. The van der Waals surface area contributed by atoms with Crippen LogP contribution in [0.15, 0.2) is 24.3 Å². The minimum atomic E-state index is 0. The van der Waals surface area contributed by atoms with Crippen molar-refractivity contribution in [2.24, 2.45) is 0 Å². The summed E-state index contributed by atoms with van der Waals surface area (Å²) < 4.78 is 1.21. The van der Waals surface area contributed by atoms with Gasteiger partial charge in [-0.25, -0.2) is 0 Å². The molecule has 1 aromatic heterocycles. The van der Waals surface area contributed by atoms with Crippen molar-refractivity contribution in [3.8, 4) is 0 Å². The van der Waals surface area contributed by atoms with Crippen molar-refractivity contribution in [2.45, 2.75) is 0 Å². The van der Waals surface area contributed by atoms with E-state index in [1.165, 1.54) is 4.70 Å². The van der Waals surface area contributed by atoms with E-state index in [1.807, 2.05) is 24.3 Å². The van der Waals surface area contributed by atoms with Crippen LogP contribution in [-0.4, -0.2) is 4.98 Å². The molecule has 3 heteroatoms. The zero-order valence-electron chi connectivity index (χ0n) is 5.66. The standard InChI is InChI=1S/C7H4NS.Na/c1-2-4-7-6(3-1)8-5-9-7;/h1-4H;/q-1;+1. The monoisotopic (exact) mass is 157 g/mol. The Morgan fingerprint density at radius 2 is 2.10 bits per heavy atom. The fourth-order valence-corrected chi connectivity index (χ4v) is 1.36. The Balaban J connectivity index is 0.000000500. The zero-order valence-corrected chi connectivity index (χ0v) is 8.48. The molecule has 1 heterocycles. The predicted octanol–water partition coefficient (Wildman–Crippen LogP) is -0.900. The first kappa shape index (κ1) is 8.21. The number of nitrogens with zero attached hydrogens (tertiary/aromatic N) is 1. The summed E-state index contributed by atoms with van der Waals surface area (Å²) >= 11 is 1.55. The van der Waals surface area contributed by atoms with Gasteiger partial charge in [0.1, 0.15) is 0 Å². The summed E-state index contributed by atoms with van der Waals surface area (Å²) in [6, 6.07) is 8.02. The van der Waals surface area contributed by atoms with Crippen LogP contribution in [0.4, 0.5) is 0 Å². The fraction of sp³-hybridized carbons (Fsp3) is 0. The van der Waals surface area contributed by atoms with Crippen LogP contribution < -0.4 is 29.6 Å². The second-order valence-electron chi connectivity index (χ2n) is 1.77. The number of hydrogen-bond acceptors (Lipinski definition) is 2. The van der Waals surface area contributed by atoms with Gasteiger partial charge in [0.05, 0.1) is 0 Å². The largest absolute Gasteiger partial charge is 1.00 e. The van der Waals surface area contributed by atoms with E-state index in [4.69, 9.17) is 0 Å². The molecule has 1 nitrogen and oxygen atoms in total. The number of thiazole rings is 1. The van der Waals surface area contributed by atoms with Crippen molar-refractivity contribution in [3.63, 3.8) is 0 Å². The first-order chi connectivity index (χ1) is 4.47. The van der Waals surface area contributed by atoms with Gasteiger partial charge in [0.25, 0.3) is 0 Å². The molecule has 44 valence electrons. The molecule has 0 aliphatic carbocycles. The average Bonchev–Trinajstić information content (AvgIpc) is 2.33. The average molecular weight is 157 g/mol. The maximum atomic E-state index is 4.01. The molecule has 0 aliphatic heterocycles. The minimum Gasteiger partial charge on any atom is -0.386 e. The van der Waals surface area contributed by atoms with E-state index in [0.29, 0.717) is 0 Å². The molecule has 0 spiro atoms. The Hall–Kier alpha value is 0.110. The quantitative estimate of drug-likeness (QED) is 0.357. The molecule has 0 N–H and O–H groups in total. The Morgan fingerprint density at radius 1 is 1.30 bits per heavy atom. The van der Waals surface area contributed by atoms with Crippen LogP contribution in [0.1, 0.15) is 0 Å². The summed E-state index contributed by atoms with van der Waals surface area (Å²) in [4.78, 5) is 4.01. The predicted molar refractivity (Wildman–Crippen MR) is 38.5 cm³/mol. The number of rotatable bonds is 0. The van der Waals surface area contributed by atoms with Crippen molar-refractivity contribution >= 4 is 21.6 Å². The number of para-hydroxylation sites is 1. The molecule has 0 saturated heterocycles. The molecule has 10 heavy (non-hydrogen) atoms. The van der Waals surface area contributed by atoms with Gasteiger partial charge in [0.15, 0.2) is 0 Å². The topological polar surface area (TPSA) is 12.9 Å². The van der Waals surface area contributed by atoms with Gasteiger partial charge in [-0.3, -0.25) is 11.3 Å². The minimum absolute atomic E-state index is 0. The van der Waals surface area contributed by atoms with E-state index in [1.54, 1.807) is 11.3 Å². The molecule has 2 aromatic rings. The number of benzene rings is 1. The van der Waals surface area contributed by atoms with E-state index in [0.717, 1.165) is 5.52 Å². The molecule has 0 radical (unpaired) electrons. The summed E-state index contributed by atoms with van der Waals surface area (Å²) in [6.45, 7) is 0. The Morgan fingerprint density at radius 3 is 2.90 bits per heavy atom. The fourth-order valence-electron chi connectivity index (χ4n) is 0.757. The van der Waals surface area contributed by atoms with E-state index < -0.39 is 0 Å². The second-order valence-corrected chi connectivity index (χ2v) is 2.60. The molecule has 2 rings (SSSR count). The summed E-state index contributed by atoms with van der Waals surface area (Å²) in [6.07, 6.45) is 0. The number of hydrogen-bond donors (Lipinski definition) is 0. The van der Waals surface area contributed by atoms with Crippen LogP contribution in [0.5, 0.6) is 0 Å². The van der Waals surface area contributed by atoms with Crippen molar-refractivity contribution in [2.75, 3.05) is 0 Å². The third-order valence-electron chi connectivity index (χ3n) is 1.19. The van der Waals surface area contributed by atoms with Crippen molar-refractivity contribution in [1.82, 2.24) is 4.98 Å².